The van der Waals surface area contributed by atoms with Crippen LogP contribution in [0.25, 0.3) is 0 Å². The first-order valence-corrected chi connectivity index (χ1v) is 7.62. The first kappa shape index (κ1) is 18.5. The summed E-state index contributed by atoms with van der Waals surface area (Å²) in [5.41, 5.74) is 1.12. The van der Waals surface area contributed by atoms with Gasteiger partial charge in [-0.15, -0.1) is 0 Å². The van der Waals surface area contributed by atoms with Crippen LogP contribution in [0.4, 0.5) is 4.39 Å². The van der Waals surface area contributed by atoms with Gasteiger partial charge in [0.15, 0.2) is 6.29 Å². The summed E-state index contributed by atoms with van der Waals surface area (Å²) in [6.45, 7) is 0.0353. The van der Waals surface area contributed by atoms with E-state index in [9.17, 15) is 4.39 Å². The van der Waals surface area contributed by atoms with E-state index in [1.165, 1.54) is 32.4 Å². The highest BCUT2D eigenvalue weighted by Gasteiger charge is 2.18. The molecular formula is C17H14Cl2FNO3. The van der Waals surface area contributed by atoms with Gasteiger partial charge >= 0.3 is 0 Å². The number of ether oxygens (including phenoxy) is 3. The number of nitriles is 1. The SMILES string of the molecule is COC(OC)c1cc(Cl)c(Cl)cc1COc1cccc(F)c1C#N. The van der Waals surface area contributed by atoms with Crippen molar-refractivity contribution in [2.24, 2.45) is 0 Å². The number of nitrogens with zero attached hydrogens (tertiary/aromatic N) is 1. The van der Waals surface area contributed by atoms with Crippen molar-refractivity contribution in [3.05, 3.63) is 62.9 Å². The Morgan fingerprint density at radius 3 is 2.46 bits per heavy atom. The minimum Gasteiger partial charge on any atom is -0.487 e. The van der Waals surface area contributed by atoms with Gasteiger partial charge in [0, 0.05) is 19.8 Å². The lowest BCUT2D eigenvalue weighted by Gasteiger charge is -2.19. The monoisotopic (exact) mass is 369 g/mol. The molecule has 0 aliphatic carbocycles. The van der Waals surface area contributed by atoms with Crippen LogP contribution in [-0.2, 0) is 16.1 Å². The van der Waals surface area contributed by atoms with Crippen molar-refractivity contribution < 1.29 is 18.6 Å². The van der Waals surface area contributed by atoms with Crippen LogP contribution in [-0.4, -0.2) is 14.2 Å². The Morgan fingerprint density at radius 2 is 1.83 bits per heavy atom. The Hall–Kier alpha value is -1.84. The maximum Gasteiger partial charge on any atom is 0.183 e. The molecule has 4 nitrogen and oxygen atoms in total. The molecule has 0 atom stereocenters. The van der Waals surface area contributed by atoms with Crippen LogP contribution >= 0.6 is 23.2 Å². The molecule has 24 heavy (non-hydrogen) atoms. The molecule has 0 N–H and O–H groups in total. The van der Waals surface area contributed by atoms with Gasteiger partial charge in [0.25, 0.3) is 0 Å². The van der Waals surface area contributed by atoms with Crippen LogP contribution in [0, 0.1) is 17.1 Å². The van der Waals surface area contributed by atoms with Crippen molar-refractivity contribution in [3.63, 3.8) is 0 Å². The highest BCUT2D eigenvalue weighted by molar-refractivity contribution is 6.42. The number of benzene rings is 2. The lowest BCUT2D eigenvalue weighted by atomic mass is 10.1. The van der Waals surface area contributed by atoms with E-state index >= 15 is 0 Å². The predicted molar refractivity (Wildman–Crippen MR) is 88.7 cm³/mol. The average molecular weight is 370 g/mol. The first-order valence-electron chi connectivity index (χ1n) is 6.86. The van der Waals surface area contributed by atoms with E-state index < -0.39 is 12.1 Å². The fraction of sp³-hybridized carbons (Fsp3) is 0.235. The van der Waals surface area contributed by atoms with Crippen molar-refractivity contribution in [1.29, 1.82) is 5.26 Å². The third-order valence-corrected chi connectivity index (χ3v) is 4.06. The molecule has 0 saturated carbocycles. The Kier molecular flexibility index (Phi) is 6.41. The van der Waals surface area contributed by atoms with Gasteiger partial charge in [0.2, 0.25) is 0 Å². The Bertz CT molecular complexity index is 773. The van der Waals surface area contributed by atoms with Crippen LogP contribution in [0.5, 0.6) is 5.75 Å². The molecule has 0 unspecified atom stereocenters. The second kappa shape index (κ2) is 8.32. The zero-order valence-corrected chi connectivity index (χ0v) is 14.5. The summed E-state index contributed by atoms with van der Waals surface area (Å²) in [4.78, 5) is 0. The predicted octanol–water partition coefficient (Wildman–Crippen LogP) is 4.87. The summed E-state index contributed by atoms with van der Waals surface area (Å²) in [5.74, 6) is -0.503. The van der Waals surface area contributed by atoms with E-state index in [4.69, 9.17) is 42.7 Å². The first-order chi connectivity index (χ1) is 11.5. The Morgan fingerprint density at radius 1 is 1.17 bits per heavy atom. The smallest absolute Gasteiger partial charge is 0.183 e. The maximum atomic E-state index is 13.6. The highest BCUT2D eigenvalue weighted by atomic mass is 35.5. The molecule has 0 radical (unpaired) electrons. The normalized spacial score (nSPS) is 10.7. The van der Waals surface area contributed by atoms with E-state index in [0.29, 0.717) is 21.2 Å². The molecule has 0 heterocycles. The minimum atomic E-state index is -0.665. The topological polar surface area (TPSA) is 51.5 Å². The summed E-state index contributed by atoms with van der Waals surface area (Å²) in [6.07, 6.45) is -0.665. The number of hydrogen-bond acceptors (Lipinski definition) is 4. The highest BCUT2D eigenvalue weighted by Crippen LogP contribution is 2.32. The van der Waals surface area contributed by atoms with Gasteiger partial charge in [0.1, 0.15) is 29.8 Å². The molecule has 0 saturated heterocycles. The van der Waals surface area contributed by atoms with E-state index in [1.54, 1.807) is 18.2 Å². The van der Waals surface area contributed by atoms with E-state index in [-0.39, 0.29) is 17.9 Å². The molecule has 2 aromatic carbocycles. The molecule has 0 aliphatic heterocycles. The van der Waals surface area contributed by atoms with Crippen molar-refractivity contribution in [2.45, 2.75) is 12.9 Å². The van der Waals surface area contributed by atoms with Crippen molar-refractivity contribution in [1.82, 2.24) is 0 Å². The maximum absolute atomic E-state index is 13.6. The molecule has 0 bridgehead atoms. The Labute approximate surface area is 149 Å². The minimum absolute atomic E-state index is 0.0353. The molecule has 0 fully saturated rings. The molecule has 0 aromatic heterocycles. The zero-order chi connectivity index (χ0) is 17.7. The van der Waals surface area contributed by atoms with E-state index in [1.807, 2.05) is 0 Å². The lowest BCUT2D eigenvalue weighted by Crippen LogP contribution is -2.10. The molecule has 0 amide bonds. The van der Waals surface area contributed by atoms with Gasteiger partial charge in [-0.05, 0) is 29.8 Å². The van der Waals surface area contributed by atoms with Gasteiger partial charge in [-0.3, -0.25) is 0 Å². The summed E-state index contributed by atoms with van der Waals surface area (Å²) in [5, 5.41) is 9.73. The molecule has 126 valence electrons. The lowest BCUT2D eigenvalue weighted by molar-refractivity contribution is -0.106. The van der Waals surface area contributed by atoms with E-state index in [0.717, 1.165) is 0 Å². The van der Waals surface area contributed by atoms with Crippen molar-refractivity contribution >= 4 is 23.2 Å². The van der Waals surface area contributed by atoms with Crippen LogP contribution in [0.15, 0.2) is 30.3 Å². The zero-order valence-electron chi connectivity index (χ0n) is 13.0. The van der Waals surface area contributed by atoms with Crippen LogP contribution < -0.4 is 4.74 Å². The summed E-state index contributed by atoms with van der Waals surface area (Å²) in [7, 11) is 2.98. The second-order valence-corrected chi connectivity index (χ2v) is 5.60. The number of methoxy groups -OCH3 is 2. The second-order valence-electron chi connectivity index (χ2n) is 4.78. The van der Waals surface area contributed by atoms with Gasteiger partial charge in [0.05, 0.1) is 10.0 Å². The summed E-state index contributed by atoms with van der Waals surface area (Å²) in [6, 6.07) is 9.21. The molecule has 0 aliphatic rings. The molecule has 2 rings (SSSR count). The molecule has 7 heteroatoms. The average Bonchev–Trinajstić information content (AvgIpc) is 2.57. The van der Waals surface area contributed by atoms with Crippen molar-refractivity contribution in [3.8, 4) is 11.8 Å². The van der Waals surface area contributed by atoms with Crippen LogP contribution in [0.1, 0.15) is 23.0 Å². The van der Waals surface area contributed by atoms with Gasteiger partial charge in [-0.25, -0.2) is 4.39 Å². The van der Waals surface area contributed by atoms with Gasteiger partial charge in [-0.2, -0.15) is 5.26 Å². The quantitative estimate of drug-likeness (QED) is 0.681. The fourth-order valence-corrected chi connectivity index (χ4v) is 2.54. The largest absolute Gasteiger partial charge is 0.487 e. The summed E-state index contributed by atoms with van der Waals surface area (Å²) < 4.78 is 29.7. The third kappa shape index (κ3) is 3.97. The van der Waals surface area contributed by atoms with E-state index in [2.05, 4.69) is 0 Å². The molecule has 2 aromatic rings. The molecular weight excluding hydrogens is 356 g/mol. The molecule has 0 spiro atoms. The number of halogens is 3. The van der Waals surface area contributed by atoms with Crippen LogP contribution in [0.3, 0.4) is 0 Å². The Balaban J connectivity index is 2.35. The van der Waals surface area contributed by atoms with Gasteiger partial charge in [-0.1, -0.05) is 29.3 Å². The van der Waals surface area contributed by atoms with Crippen LogP contribution in [0.2, 0.25) is 10.0 Å². The summed E-state index contributed by atoms with van der Waals surface area (Å²) >= 11 is 12.1. The van der Waals surface area contributed by atoms with Gasteiger partial charge < -0.3 is 14.2 Å². The number of hydrogen-bond donors (Lipinski definition) is 0. The standard InChI is InChI=1S/C17H14Cl2FNO3/c1-22-17(23-2)11-7-14(19)13(18)6-10(11)9-24-16-5-3-4-15(20)12(16)8-21/h3-7,17H,9H2,1-2H3. The number of rotatable bonds is 6. The third-order valence-electron chi connectivity index (χ3n) is 3.33. The van der Waals surface area contributed by atoms with Crippen molar-refractivity contribution in [2.75, 3.05) is 14.2 Å². The fourth-order valence-electron chi connectivity index (χ4n) is 2.19.